The van der Waals surface area contributed by atoms with Crippen LogP contribution in [0.3, 0.4) is 0 Å². The number of hydrogen-bond acceptors (Lipinski definition) is 5. The molecule has 174 valence electrons. The number of nitrogens with one attached hydrogen (secondary N) is 2. The summed E-state index contributed by atoms with van der Waals surface area (Å²) in [7, 11) is 4.07. The second-order valence-electron chi connectivity index (χ2n) is 9.10. The van der Waals surface area contributed by atoms with Gasteiger partial charge in [0.25, 0.3) is 11.8 Å². The summed E-state index contributed by atoms with van der Waals surface area (Å²) in [5, 5.41) is 6.20. The highest BCUT2D eigenvalue weighted by Gasteiger charge is 2.24. The van der Waals surface area contributed by atoms with E-state index in [2.05, 4.69) is 32.7 Å². The van der Waals surface area contributed by atoms with Crippen LogP contribution in [0, 0.1) is 5.92 Å². The lowest BCUT2D eigenvalue weighted by molar-refractivity contribution is -0.120. The van der Waals surface area contributed by atoms with Crippen LogP contribution in [0.25, 0.3) is 11.3 Å². The molecule has 2 heterocycles. The Balaban J connectivity index is 1.83. The topological polar surface area (TPSA) is 86.7 Å². The first-order valence-corrected chi connectivity index (χ1v) is 11.2. The molecule has 0 saturated carbocycles. The number of benzene rings is 1. The van der Waals surface area contributed by atoms with Gasteiger partial charge in [-0.1, -0.05) is 29.8 Å². The molecule has 2 amide bonds. The monoisotopic (exact) mass is 447 g/mol. The summed E-state index contributed by atoms with van der Waals surface area (Å²) in [6.45, 7) is 8.80. The average molecular weight is 448 g/mol. The maximum atomic E-state index is 13.0. The zero-order chi connectivity index (χ0) is 24.1. The molecular formula is C26H33N5O2. The van der Waals surface area contributed by atoms with E-state index in [9.17, 15) is 9.59 Å². The molecule has 0 saturated heterocycles. The lowest BCUT2D eigenvalue weighted by Crippen LogP contribution is -2.34. The van der Waals surface area contributed by atoms with E-state index in [4.69, 9.17) is 4.98 Å². The van der Waals surface area contributed by atoms with Crippen molar-refractivity contribution in [2.75, 3.05) is 26.0 Å². The van der Waals surface area contributed by atoms with E-state index in [0.29, 0.717) is 22.8 Å². The standard InChI is InChI=1S/C26H33N5O2/c1-16(2)28-24-13-21(25(32)27-14-22-17(3)11-18(4)29-26(22)33)12-23(30-24)20-9-7-19(8-10-20)15-31(5)6/h7-13,16,22H,14-15H2,1-6H3,(H,27,32)(H,28,30). The van der Waals surface area contributed by atoms with Gasteiger partial charge in [0, 0.05) is 36.0 Å². The van der Waals surface area contributed by atoms with Gasteiger partial charge in [-0.25, -0.2) is 9.98 Å². The number of rotatable bonds is 8. The van der Waals surface area contributed by atoms with Crippen LogP contribution < -0.4 is 10.6 Å². The second kappa shape index (κ2) is 10.5. The Kier molecular flexibility index (Phi) is 7.76. The van der Waals surface area contributed by atoms with Crippen molar-refractivity contribution in [1.29, 1.82) is 0 Å². The van der Waals surface area contributed by atoms with E-state index in [0.717, 1.165) is 17.7 Å². The number of aromatic nitrogens is 1. The number of nitrogens with zero attached hydrogens (tertiary/aromatic N) is 3. The molecule has 1 aliphatic heterocycles. The Morgan fingerprint density at radius 2 is 1.82 bits per heavy atom. The number of anilines is 1. The molecule has 0 radical (unpaired) electrons. The predicted octanol–water partition coefficient (Wildman–Crippen LogP) is 3.92. The fourth-order valence-corrected chi connectivity index (χ4v) is 3.78. The number of allylic oxidation sites excluding steroid dienone is 1. The smallest absolute Gasteiger partial charge is 0.254 e. The highest BCUT2D eigenvalue weighted by Crippen LogP contribution is 2.23. The van der Waals surface area contributed by atoms with Gasteiger partial charge >= 0.3 is 0 Å². The molecule has 7 nitrogen and oxygen atoms in total. The molecule has 33 heavy (non-hydrogen) atoms. The van der Waals surface area contributed by atoms with E-state index in [1.54, 1.807) is 19.1 Å². The molecule has 0 spiro atoms. The van der Waals surface area contributed by atoms with E-state index >= 15 is 0 Å². The Labute approximate surface area is 196 Å². The molecule has 0 aliphatic carbocycles. The van der Waals surface area contributed by atoms with E-state index in [1.165, 1.54) is 5.56 Å². The maximum absolute atomic E-state index is 13.0. The number of amides is 2. The molecule has 1 aromatic carbocycles. The summed E-state index contributed by atoms with van der Waals surface area (Å²) < 4.78 is 0. The van der Waals surface area contributed by atoms with Crippen LogP contribution in [-0.4, -0.2) is 54.1 Å². The van der Waals surface area contributed by atoms with Crippen LogP contribution >= 0.6 is 0 Å². The summed E-state index contributed by atoms with van der Waals surface area (Å²) >= 11 is 0. The van der Waals surface area contributed by atoms with Gasteiger partial charge in [-0.2, -0.15) is 0 Å². The van der Waals surface area contributed by atoms with Crippen LogP contribution in [0.2, 0.25) is 0 Å². The Morgan fingerprint density at radius 3 is 2.42 bits per heavy atom. The SMILES string of the molecule is CC1=CC(C)=NC(=O)C1CNC(=O)c1cc(NC(C)C)nc(-c2ccc(CN(C)C)cc2)c1. The fourth-order valence-electron chi connectivity index (χ4n) is 3.78. The van der Waals surface area contributed by atoms with Gasteiger partial charge in [-0.15, -0.1) is 0 Å². The number of dihydropyridines is 1. The van der Waals surface area contributed by atoms with Crippen LogP contribution in [0.4, 0.5) is 5.82 Å². The van der Waals surface area contributed by atoms with Crippen LogP contribution in [-0.2, 0) is 11.3 Å². The zero-order valence-electron chi connectivity index (χ0n) is 20.3. The minimum Gasteiger partial charge on any atom is -0.368 e. The summed E-state index contributed by atoms with van der Waals surface area (Å²) in [6.07, 6.45) is 1.88. The summed E-state index contributed by atoms with van der Waals surface area (Å²) in [5.41, 5.74) is 4.95. The first-order valence-electron chi connectivity index (χ1n) is 11.2. The van der Waals surface area contributed by atoms with Crippen molar-refractivity contribution in [2.24, 2.45) is 10.9 Å². The maximum Gasteiger partial charge on any atom is 0.254 e. The van der Waals surface area contributed by atoms with Crippen LogP contribution in [0.15, 0.2) is 53.0 Å². The Morgan fingerprint density at radius 1 is 1.12 bits per heavy atom. The van der Waals surface area contributed by atoms with Crippen molar-refractivity contribution < 1.29 is 9.59 Å². The summed E-state index contributed by atoms with van der Waals surface area (Å²) in [6, 6.07) is 11.9. The number of pyridine rings is 1. The van der Waals surface area contributed by atoms with E-state index < -0.39 is 5.92 Å². The van der Waals surface area contributed by atoms with Crippen molar-refractivity contribution in [3.63, 3.8) is 0 Å². The first-order chi connectivity index (χ1) is 15.6. The molecule has 0 bridgehead atoms. The van der Waals surface area contributed by atoms with Crippen molar-refractivity contribution in [3.8, 4) is 11.3 Å². The fraction of sp³-hybridized carbons (Fsp3) is 0.385. The molecule has 7 heteroatoms. The van der Waals surface area contributed by atoms with Gasteiger partial charge in [-0.05, 0) is 65.6 Å². The third-order valence-corrected chi connectivity index (χ3v) is 5.31. The minimum absolute atomic E-state index is 0.167. The van der Waals surface area contributed by atoms with Crippen LogP contribution in [0.5, 0.6) is 0 Å². The van der Waals surface area contributed by atoms with Gasteiger partial charge in [-0.3, -0.25) is 9.59 Å². The Hall–Kier alpha value is -3.32. The third kappa shape index (κ3) is 6.58. The average Bonchev–Trinajstić information content (AvgIpc) is 2.72. The highest BCUT2D eigenvalue weighted by molar-refractivity contribution is 6.06. The van der Waals surface area contributed by atoms with Crippen molar-refractivity contribution >= 4 is 23.3 Å². The first kappa shape index (κ1) is 24.3. The van der Waals surface area contributed by atoms with E-state index in [1.807, 2.05) is 53.1 Å². The molecule has 1 atom stereocenters. The summed E-state index contributed by atoms with van der Waals surface area (Å²) in [5.74, 6) is -0.267. The lowest BCUT2D eigenvalue weighted by Gasteiger charge is -2.19. The molecule has 1 aliphatic rings. The van der Waals surface area contributed by atoms with Gasteiger partial charge in [0.2, 0.25) is 0 Å². The van der Waals surface area contributed by atoms with Crippen molar-refractivity contribution in [1.82, 2.24) is 15.2 Å². The molecule has 2 aromatic rings. The normalized spacial score (nSPS) is 16.0. The van der Waals surface area contributed by atoms with Gasteiger partial charge < -0.3 is 15.5 Å². The lowest BCUT2D eigenvalue weighted by atomic mass is 9.95. The molecule has 1 unspecified atom stereocenters. The van der Waals surface area contributed by atoms with Gasteiger partial charge in [0.15, 0.2) is 0 Å². The quantitative estimate of drug-likeness (QED) is 0.640. The highest BCUT2D eigenvalue weighted by atomic mass is 16.2. The molecule has 2 N–H and O–H groups in total. The van der Waals surface area contributed by atoms with Crippen molar-refractivity contribution in [3.05, 3.63) is 59.2 Å². The number of aliphatic imine (C=N–C) groups is 1. The largest absolute Gasteiger partial charge is 0.368 e. The molecule has 3 rings (SSSR count). The second-order valence-corrected chi connectivity index (χ2v) is 9.10. The number of carbonyl (C=O) groups excluding carboxylic acids is 2. The minimum atomic E-state index is -0.434. The molecular weight excluding hydrogens is 414 g/mol. The molecule has 0 fully saturated rings. The number of hydrogen-bond donors (Lipinski definition) is 2. The van der Waals surface area contributed by atoms with Crippen molar-refractivity contribution in [2.45, 2.75) is 40.3 Å². The number of carbonyl (C=O) groups is 2. The summed E-state index contributed by atoms with van der Waals surface area (Å²) in [4.78, 5) is 36.1. The Bertz CT molecular complexity index is 1080. The van der Waals surface area contributed by atoms with Crippen LogP contribution in [0.1, 0.15) is 43.6 Å². The third-order valence-electron chi connectivity index (χ3n) is 5.31. The predicted molar refractivity (Wildman–Crippen MR) is 134 cm³/mol. The molecule has 1 aromatic heterocycles. The zero-order valence-corrected chi connectivity index (χ0v) is 20.3. The van der Waals surface area contributed by atoms with E-state index in [-0.39, 0.29) is 24.4 Å². The van der Waals surface area contributed by atoms with Gasteiger partial charge in [0.1, 0.15) is 5.82 Å². The van der Waals surface area contributed by atoms with Gasteiger partial charge in [0.05, 0.1) is 11.6 Å².